The van der Waals surface area contributed by atoms with Crippen LogP contribution in [0.1, 0.15) is 33.6 Å². The lowest BCUT2D eigenvalue weighted by Crippen LogP contribution is -2.56. The van der Waals surface area contributed by atoms with Gasteiger partial charge in [-0.1, -0.05) is 20.8 Å². The fourth-order valence-electron chi connectivity index (χ4n) is 4.52. The van der Waals surface area contributed by atoms with Crippen LogP contribution in [0.3, 0.4) is 0 Å². The molecule has 2 bridgehead atoms. The summed E-state index contributed by atoms with van der Waals surface area (Å²) in [4.78, 5) is 42.2. The lowest BCUT2D eigenvalue weighted by atomic mass is 9.64. The summed E-state index contributed by atoms with van der Waals surface area (Å²) < 4.78 is 0. The molecule has 2 atom stereocenters. The molecule has 0 aromatic carbocycles. The monoisotopic (exact) mass is 292 g/mol. The minimum absolute atomic E-state index is 0.111. The Morgan fingerprint density at radius 3 is 2.00 bits per heavy atom. The number of carbonyl (C=O) groups is 3. The molecule has 1 amide bonds. The van der Waals surface area contributed by atoms with E-state index in [0.717, 1.165) is 13.1 Å². The second-order valence-electron chi connectivity index (χ2n) is 7.62. The Bertz CT molecular complexity index is 534. The summed E-state index contributed by atoms with van der Waals surface area (Å²) >= 11 is 0. The summed E-state index contributed by atoms with van der Waals surface area (Å²) in [6, 6.07) is 0. The molecule has 1 heterocycles. The number of hydrogen-bond donors (Lipinski definition) is 0. The third-order valence-corrected chi connectivity index (χ3v) is 6.70. The van der Waals surface area contributed by atoms with Gasteiger partial charge in [-0.3, -0.25) is 14.4 Å². The van der Waals surface area contributed by atoms with Gasteiger partial charge in [0.2, 0.25) is 17.5 Å². The van der Waals surface area contributed by atoms with Gasteiger partial charge in [0.15, 0.2) is 0 Å². The maximum absolute atomic E-state index is 13.1. The lowest BCUT2D eigenvalue weighted by molar-refractivity contribution is -0.156. The van der Waals surface area contributed by atoms with E-state index in [0.29, 0.717) is 25.9 Å². The lowest BCUT2D eigenvalue weighted by Gasteiger charge is -2.42. The molecule has 1 saturated heterocycles. The molecule has 5 nitrogen and oxygen atoms in total. The molecule has 0 aromatic rings. The Balaban J connectivity index is 1.99. The summed E-state index contributed by atoms with van der Waals surface area (Å²) in [5.74, 6) is -0.883. The Kier molecular flexibility index (Phi) is 2.91. The van der Waals surface area contributed by atoms with Gasteiger partial charge in [-0.15, -0.1) is 0 Å². The molecule has 116 valence electrons. The number of likely N-dealkylation sites (N-methyl/N-ethyl adjacent to an activating group) is 1. The van der Waals surface area contributed by atoms with Gasteiger partial charge >= 0.3 is 0 Å². The van der Waals surface area contributed by atoms with Crippen molar-refractivity contribution in [3.8, 4) is 0 Å². The largest absolute Gasteiger partial charge is 0.339 e. The van der Waals surface area contributed by atoms with E-state index in [2.05, 4.69) is 4.90 Å². The molecule has 5 heteroatoms. The molecule has 0 aromatic heterocycles. The number of ketones is 2. The third-order valence-electron chi connectivity index (χ3n) is 6.70. The standard InChI is InChI=1S/C16H24N2O3/c1-14(2)15(3)5-6-16(14,12(20)11(15)19)13(21)18-9-7-17(4)8-10-18/h5-10H2,1-4H3/t15-,16+/m1/s1. The van der Waals surface area contributed by atoms with Crippen LogP contribution in [-0.4, -0.2) is 60.5 Å². The van der Waals surface area contributed by atoms with Crippen LogP contribution in [-0.2, 0) is 14.4 Å². The molecule has 0 spiro atoms. The molecule has 3 aliphatic rings. The maximum atomic E-state index is 13.1. The van der Waals surface area contributed by atoms with E-state index in [1.165, 1.54) is 0 Å². The molecule has 21 heavy (non-hydrogen) atoms. The summed E-state index contributed by atoms with van der Waals surface area (Å²) in [6.07, 6.45) is 1.16. The number of piperazine rings is 1. The molecule has 0 radical (unpaired) electrons. The Morgan fingerprint density at radius 2 is 1.52 bits per heavy atom. The topological polar surface area (TPSA) is 57.7 Å². The van der Waals surface area contributed by atoms with Crippen molar-refractivity contribution in [1.29, 1.82) is 0 Å². The molecule has 3 fully saturated rings. The minimum Gasteiger partial charge on any atom is -0.339 e. The molecule has 2 aliphatic carbocycles. The second-order valence-corrected chi connectivity index (χ2v) is 7.62. The van der Waals surface area contributed by atoms with E-state index in [4.69, 9.17) is 0 Å². The quantitative estimate of drug-likeness (QED) is 0.528. The predicted molar refractivity (Wildman–Crippen MR) is 77.6 cm³/mol. The Hall–Kier alpha value is -1.23. The number of rotatable bonds is 1. The van der Waals surface area contributed by atoms with Crippen molar-refractivity contribution in [2.75, 3.05) is 33.2 Å². The zero-order valence-electron chi connectivity index (χ0n) is 13.4. The Labute approximate surface area is 125 Å². The summed E-state index contributed by atoms with van der Waals surface area (Å²) in [6.45, 7) is 8.65. The number of nitrogens with zero attached hydrogens (tertiary/aromatic N) is 2. The van der Waals surface area contributed by atoms with Crippen LogP contribution in [0.25, 0.3) is 0 Å². The van der Waals surface area contributed by atoms with Crippen molar-refractivity contribution < 1.29 is 14.4 Å². The predicted octanol–water partition coefficient (Wildman–Crippen LogP) is 0.725. The maximum Gasteiger partial charge on any atom is 0.237 e. The third kappa shape index (κ3) is 1.48. The van der Waals surface area contributed by atoms with E-state index >= 15 is 0 Å². The van der Waals surface area contributed by atoms with Crippen LogP contribution in [0.5, 0.6) is 0 Å². The van der Waals surface area contributed by atoms with Crippen LogP contribution >= 0.6 is 0 Å². The average Bonchev–Trinajstić information content (AvgIpc) is 2.71. The summed E-state index contributed by atoms with van der Waals surface area (Å²) in [5, 5.41) is 0. The number of carbonyl (C=O) groups excluding carboxylic acids is 3. The van der Waals surface area contributed by atoms with Gasteiger partial charge in [-0.05, 0) is 25.3 Å². The van der Waals surface area contributed by atoms with E-state index in [1.54, 1.807) is 4.90 Å². The molecule has 2 saturated carbocycles. The van der Waals surface area contributed by atoms with Crippen molar-refractivity contribution in [1.82, 2.24) is 9.80 Å². The number of hydrogen-bond acceptors (Lipinski definition) is 4. The van der Waals surface area contributed by atoms with E-state index < -0.39 is 22.0 Å². The highest BCUT2D eigenvalue weighted by atomic mass is 16.2. The van der Waals surface area contributed by atoms with Gasteiger partial charge < -0.3 is 9.80 Å². The van der Waals surface area contributed by atoms with Crippen molar-refractivity contribution in [3.63, 3.8) is 0 Å². The van der Waals surface area contributed by atoms with Crippen LogP contribution in [0.4, 0.5) is 0 Å². The normalized spacial score (nSPS) is 39.1. The number of amides is 1. The van der Waals surface area contributed by atoms with Crippen LogP contribution in [0, 0.1) is 16.2 Å². The molecule has 0 unspecified atom stereocenters. The van der Waals surface area contributed by atoms with Crippen LogP contribution in [0.15, 0.2) is 0 Å². The molecular weight excluding hydrogens is 268 g/mol. The minimum atomic E-state index is -1.12. The molecule has 3 rings (SSSR count). The van der Waals surface area contributed by atoms with Crippen LogP contribution in [0.2, 0.25) is 0 Å². The van der Waals surface area contributed by atoms with E-state index in [1.807, 2.05) is 27.8 Å². The first-order valence-corrected chi connectivity index (χ1v) is 7.76. The van der Waals surface area contributed by atoms with E-state index in [9.17, 15) is 14.4 Å². The van der Waals surface area contributed by atoms with Crippen molar-refractivity contribution in [2.24, 2.45) is 16.2 Å². The first-order valence-electron chi connectivity index (χ1n) is 7.76. The number of Topliss-reactive ketones (excluding diaryl/α,β-unsaturated/α-hetero) is 2. The fourth-order valence-corrected chi connectivity index (χ4v) is 4.52. The highest BCUT2D eigenvalue weighted by molar-refractivity contribution is 6.48. The highest BCUT2D eigenvalue weighted by Crippen LogP contribution is 2.69. The summed E-state index contributed by atoms with van der Waals surface area (Å²) in [5.41, 5.74) is -2.38. The second kappa shape index (κ2) is 4.15. The first kappa shape index (κ1) is 14.7. The highest BCUT2D eigenvalue weighted by Gasteiger charge is 2.78. The fraction of sp³-hybridized carbons (Fsp3) is 0.812. The van der Waals surface area contributed by atoms with Crippen molar-refractivity contribution in [2.45, 2.75) is 33.6 Å². The SMILES string of the molecule is CN1CCN(C(=O)[C@]23CC[C@](C)(C(=O)C2=O)C3(C)C)CC1. The van der Waals surface area contributed by atoms with Crippen molar-refractivity contribution in [3.05, 3.63) is 0 Å². The number of fused-ring (bicyclic) bond motifs is 2. The molecule has 0 N–H and O–H groups in total. The van der Waals surface area contributed by atoms with Gasteiger partial charge in [0.05, 0.1) is 0 Å². The first-order chi connectivity index (χ1) is 9.68. The Morgan fingerprint density at radius 1 is 0.952 bits per heavy atom. The van der Waals surface area contributed by atoms with Gasteiger partial charge in [0.1, 0.15) is 5.41 Å². The van der Waals surface area contributed by atoms with Gasteiger partial charge in [-0.2, -0.15) is 0 Å². The van der Waals surface area contributed by atoms with E-state index in [-0.39, 0.29) is 11.7 Å². The zero-order valence-corrected chi connectivity index (χ0v) is 13.4. The van der Waals surface area contributed by atoms with Gasteiger partial charge in [0.25, 0.3) is 0 Å². The van der Waals surface area contributed by atoms with Crippen LogP contribution < -0.4 is 0 Å². The van der Waals surface area contributed by atoms with Gasteiger partial charge in [-0.25, -0.2) is 0 Å². The zero-order chi connectivity index (χ0) is 15.6. The van der Waals surface area contributed by atoms with Crippen molar-refractivity contribution >= 4 is 17.5 Å². The molecular formula is C16H24N2O3. The van der Waals surface area contributed by atoms with Gasteiger partial charge in [0, 0.05) is 31.6 Å². The smallest absolute Gasteiger partial charge is 0.237 e. The summed E-state index contributed by atoms with van der Waals surface area (Å²) in [7, 11) is 2.03. The average molecular weight is 292 g/mol. The molecule has 1 aliphatic heterocycles.